The Bertz CT molecular complexity index is 633. The predicted molar refractivity (Wildman–Crippen MR) is 85.3 cm³/mol. The number of halogens is 2. The first-order valence-corrected chi connectivity index (χ1v) is 9.75. The summed E-state index contributed by atoms with van der Waals surface area (Å²) in [6.45, 7) is 0.635. The second kappa shape index (κ2) is 6.07. The molecule has 3 nitrogen and oxygen atoms in total. The molecule has 1 aromatic rings. The Hall–Kier alpha value is -0.290. The number of rotatable bonds is 3. The molecule has 1 aliphatic carbocycles. The minimum Gasteiger partial charge on any atom is -0.207 e. The number of hydrogen-bond donors (Lipinski definition) is 0. The largest absolute Gasteiger partial charge is 0.243 e. The maximum absolute atomic E-state index is 12.9. The lowest BCUT2D eigenvalue weighted by Crippen LogP contribution is -2.39. The minimum atomic E-state index is -3.44. The van der Waals surface area contributed by atoms with Crippen LogP contribution in [0.1, 0.15) is 37.7 Å². The van der Waals surface area contributed by atoms with Crippen molar-refractivity contribution in [3.8, 4) is 0 Å². The van der Waals surface area contributed by atoms with Crippen LogP contribution in [0.25, 0.3) is 0 Å². The highest BCUT2D eigenvalue weighted by Crippen LogP contribution is 2.39. The molecule has 1 saturated carbocycles. The van der Waals surface area contributed by atoms with E-state index < -0.39 is 10.0 Å². The van der Waals surface area contributed by atoms with Crippen molar-refractivity contribution in [2.45, 2.75) is 48.9 Å². The zero-order valence-corrected chi connectivity index (χ0v) is 14.1. The van der Waals surface area contributed by atoms with Crippen molar-refractivity contribution in [3.63, 3.8) is 0 Å². The zero-order valence-electron chi connectivity index (χ0n) is 11.8. The van der Waals surface area contributed by atoms with Gasteiger partial charge in [-0.05, 0) is 48.9 Å². The van der Waals surface area contributed by atoms with E-state index in [0.29, 0.717) is 27.9 Å². The SMILES string of the molecule is O=S(=O)(c1ccc(Cl)c(CCl)c1)N1CCC2CCCCC21. The molecule has 116 valence electrons. The Morgan fingerprint density at radius 2 is 1.95 bits per heavy atom. The van der Waals surface area contributed by atoms with Gasteiger partial charge in [-0.2, -0.15) is 4.31 Å². The highest BCUT2D eigenvalue weighted by atomic mass is 35.5. The number of fused-ring (bicyclic) bond motifs is 1. The summed E-state index contributed by atoms with van der Waals surface area (Å²) in [5.74, 6) is 0.752. The van der Waals surface area contributed by atoms with E-state index in [9.17, 15) is 8.42 Å². The molecule has 2 unspecified atom stereocenters. The standard InChI is InChI=1S/C15H19Cl2NO2S/c16-10-12-9-13(5-6-14(12)17)21(19,20)18-8-7-11-3-1-2-4-15(11)18/h5-6,9,11,15H,1-4,7-8,10H2. The van der Waals surface area contributed by atoms with Gasteiger partial charge in [0.25, 0.3) is 0 Å². The van der Waals surface area contributed by atoms with Crippen LogP contribution in [-0.4, -0.2) is 25.3 Å². The minimum absolute atomic E-state index is 0.180. The molecule has 0 amide bonds. The van der Waals surface area contributed by atoms with Crippen molar-refractivity contribution in [1.82, 2.24) is 4.31 Å². The van der Waals surface area contributed by atoms with Crippen molar-refractivity contribution >= 4 is 33.2 Å². The molecule has 0 radical (unpaired) electrons. The lowest BCUT2D eigenvalue weighted by Gasteiger charge is -2.31. The summed E-state index contributed by atoms with van der Waals surface area (Å²) in [5, 5.41) is 0.515. The molecule has 2 aliphatic rings. The maximum Gasteiger partial charge on any atom is 0.243 e. The molecule has 1 aromatic carbocycles. The summed E-state index contributed by atoms with van der Waals surface area (Å²) >= 11 is 11.9. The average molecular weight is 348 g/mol. The topological polar surface area (TPSA) is 37.4 Å². The summed E-state index contributed by atoms with van der Waals surface area (Å²) in [6.07, 6.45) is 5.48. The predicted octanol–water partition coefficient (Wildman–Crippen LogP) is 4.03. The number of hydrogen-bond acceptors (Lipinski definition) is 2. The molecule has 3 rings (SSSR count). The highest BCUT2D eigenvalue weighted by molar-refractivity contribution is 7.89. The average Bonchev–Trinajstić information content (AvgIpc) is 2.92. The molecule has 1 heterocycles. The van der Waals surface area contributed by atoms with E-state index in [1.54, 1.807) is 22.5 Å². The molecule has 2 fully saturated rings. The van der Waals surface area contributed by atoms with Crippen LogP contribution < -0.4 is 0 Å². The molecular formula is C15H19Cl2NO2S. The first kappa shape index (κ1) is 15.6. The molecule has 0 N–H and O–H groups in total. The van der Waals surface area contributed by atoms with Crippen LogP contribution in [0, 0.1) is 5.92 Å². The smallest absolute Gasteiger partial charge is 0.207 e. The second-order valence-electron chi connectivity index (χ2n) is 5.90. The first-order valence-electron chi connectivity index (χ1n) is 7.40. The fraction of sp³-hybridized carbons (Fsp3) is 0.600. The van der Waals surface area contributed by atoms with Gasteiger partial charge in [0, 0.05) is 23.5 Å². The first-order chi connectivity index (χ1) is 10.0. The van der Waals surface area contributed by atoms with E-state index in [4.69, 9.17) is 23.2 Å². The van der Waals surface area contributed by atoms with Gasteiger partial charge in [0.2, 0.25) is 10.0 Å². The Morgan fingerprint density at radius 1 is 1.19 bits per heavy atom. The molecule has 1 aliphatic heterocycles. The van der Waals surface area contributed by atoms with Gasteiger partial charge in [-0.1, -0.05) is 24.4 Å². The summed E-state index contributed by atoms with van der Waals surface area (Å²) in [6, 6.07) is 5.00. The van der Waals surface area contributed by atoms with E-state index >= 15 is 0 Å². The van der Waals surface area contributed by atoms with Crippen LogP contribution in [0.15, 0.2) is 23.1 Å². The second-order valence-corrected chi connectivity index (χ2v) is 8.47. The van der Waals surface area contributed by atoms with Crippen LogP contribution in [0.4, 0.5) is 0 Å². The number of alkyl halides is 1. The summed E-state index contributed by atoms with van der Waals surface area (Å²) in [7, 11) is -3.44. The Balaban J connectivity index is 1.93. The van der Waals surface area contributed by atoms with Gasteiger partial charge in [-0.25, -0.2) is 8.42 Å². The monoisotopic (exact) mass is 347 g/mol. The van der Waals surface area contributed by atoms with Gasteiger partial charge in [-0.3, -0.25) is 0 Å². The third kappa shape index (κ3) is 2.83. The van der Waals surface area contributed by atoms with Gasteiger partial charge < -0.3 is 0 Å². The Labute approximate surface area is 136 Å². The van der Waals surface area contributed by atoms with Crippen molar-refractivity contribution in [3.05, 3.63) is 28.8 Å². The normalized spacial score (nSPS) is 26.8. The van der Waals surface area contributed by atoms with E-state index in [-0.39, 0.29) is 11.9 Å². The fourth-order valence-corrected chi connectivity index (χ4v) is 5.87. The van der Waals surface area contributed by atoms with Gasteiger partial charge in [-0.15, -0.1) is 11.6 Å². The van der Waals surface area contributed by atoms with Crippen LogP contribution in [0.3, 0.4) is 0 Å². The zero-order chi connectivity index (χ0) is 15.0. The third-order valence-electron chi connectivity index (χ3n) is 4.73. The van der Waals surface area contributed by atoms with Gasteiger partial charge in [0.05, 0.1) is 4.90 Å². The molecule has 1 saturated heterocycles. The molecule has 0 spiro atoms. The van der Waals surface area contributed by atoms with Gasteiger partial charge >= 0.3 is 0 Å². The highest BCUT2D eigenvalue weighted by Gasteiger charge is 2.42. The van der Waals surface area contributed by atoms with Crippen molar-refractivity contribution in [2.24, 2.45) is 5.92 Å². The quantitative estimate of drug-likeness (QED) is 0.774. The van der Waals surface area contributed by atoms with Crippen LogP contribution in [0.2, 0.25) is 5.02 Å². The van der Waals surface area contributed by atoms with Crippen molar-refractivity contribution in [1.29, 1.82) is 0 Å². The Kier molecular flexibility index (Phi) is 4.51. The van der Waals surface area contributed by atoms with E-state index in [0.717, 1.165) is 25.7 Å². The number of nitrogens with zero attached hydrogens (tertiary/aromatic N) is 1. The lowest BCUT2D eigenvalue weighted by molar-refractivity contribution is 0.260. The maximum atomic E-state index is 12.9. The summed E-state index contributed by atoms with van der Waals surface area (Å²) < 4.78 is 27.5. The molecule has 6 heteroatoms. The molecule has 2 atom stereocenters. The van der Waals surface area contributed by atoms with E-state index in [1.165, 1.54) is 6.42 Å². The third-order valence-corrected chi connectivity index (χ3v) is 7.30. The molecule has 21 heavy (non-hydrogen) atoms. The van der Waals surface area contributed by atoms with E-state index in [1.807, 2.05) is 0 Å². The molecule has 0 aromatic heterocycles. The Morgan fingerprint density at radius 3 is 2.71 bits per heavy atom. The van der Waals surface area contributed by atoms with Gasteiger partial charge in [0.1, 0.15) is 0 Å². The van der Waals surface area contributed by atoms with Gasteiger partial charge in [0.15, 0.2) is 0 Å². The fourth-order valence-electron chi connectivity index (χ4n) is 3.61. The molecule has 0 bridgehead atoms. The van der Waals surface area contributed by atoms with Crippen molar-refractivity contribution < 1.29 is 8.42 Å². The van der Waals surface area contributed by atoms with Crippen molar-refractivity contribution in [2.75, 3.05) is 6.54 Å². The summed E-state index contributed by atoms with van der Waals surface area (Å²) in [4.78, 5) is 0.314. The van der Waals surface area contributed by atoms with E-state index in [2.05, 4.69) is 0 Å². The number of sulfonamides is 1. The van der Waals surface area contributed by atoms with Crippen LogP contribution in [0.5, 0.6) is 0 Å². The summed E-state index contributed by atoms with van der Waals surface area (Å²) in [5.41, 5.74) is 0.666. The molecular weight excluding hydrogens is 329 g/mol. The van der Waals surface area contributed by atoms with Crippen LogP contribution in [-0.2, 0) is 15.9 Å². The number of benzene rings is 1. The lowest BCUT2D eigenvalue weighted by atomic mass is 9.86. The van der Waals surface area contributed by atoms with Crippen LogP contribution >= 0.6 is 23.2 Å².